The molecule has 2 aromatic rings. The monoisotopic (exact) mass is 328 g/mol. The Labute approximate surface area is 134 Å². The van der Waals surface area contributed by atoms with Gasteiger partial charge >= 0.3 is 0 Å². The number of halogens is 1. The van der Waals surface area contributed by atoms with Gasteiger partial charge in [0.05, 0.1) is 10.6 Å². The molecule has 1 aliphatic heterocycles. The van der Waals surface area contributed by atoms with E-state index in [9.17, 15) is 18.1 Å². The summed E-state index contributed by atoms with van der Waals surface area (Å²) in [6, 6.07) is 12.6. The lowest BCUT2D eigenvalue weighted by molar-refractivity contribution is 0.600. The Morgan fingerprint density at radius 1 is 1.22 bits per heavy atom. The molecule has 4 nitrogen and oxygen atoms in total. The summed E-state index contributed by atoms with van der Waals surface area (Å²) in [5.74, 6) is -0.538. The summed E-state index contributed by atoms with van der Waals surface area (Å²) in [6.45, 7) is 2.00. The normalized spacial score (nSPS) is 15.5. The Balaban J connectivity index is 2.28. The van der Waals surface area contributed by atoms with Gasteiger partial charge in [-0.1, -0.05) is 19.1 Å². The van der Waals surface area contributed by atoms with Crippen LogP contribution in [0.5, 0.6) is 0 Å². The Kier molecular flexibility index (Phi) is 3.66. The number of benzene rings is 2. The molecule has 0 saturated carbocycles. The summed E-state index contributed by atoms with van der Waals surface area (Å²) < 4.78 is 38.5. The van der Waals surface area contributed by atoms with Crippen LogP contribution in [0.4, 0.5) is 15.8 Å². The van der Waals surface area contributed by atoms with Gasteiger partial charge in [0, 0.05) is 11.9 Å². The fraction of sp³-hybridized carbons (Fsp3) is 0.118. The number of allylic oxidation sites excluding steroid dienone is 1. The zero-order chi connectivity index (χ0) is 16.6. The second kappa shape index (κ2) is 5.52. The van der Waals surface area contributed by atoms with Crippen molar-refractivity contribution in [2.24, 2.45) is 0 Å². The Morgan fingerprint density at radius 2 is 2.00 bits per heavy atom. The molecule has 0 unspecified atom stereocenters. The topological polar surface area (TPSA) is 61.2 Å². The lowest BCUT2D eigenvalue weighted by Crippen LogP contribution is -2.21. The summed E-state index contributed by atoms with van der Waals surface area (Å²) in [4.78, 5) is 1.11. The van der Waals surface area contributed by atoms with Crippen LogP contribution < -0.4 is 4.90 Å². The van der Waals surface area contributed by atoms with Crippen molar-refractivity contribution in [2.45, 2.75) is 18.2 Å². The molecule has 0 radical (unpaired) electrons. The molecule has 0 amide bonds. The van der Waals surface area contributed by atoms with Crippen molar-refractivity contribution in [1.29, 1.82) is 5.26 Å². The van der Waals surface area contributed by atoms with Crippen LogP contribution in [0.2, 0.25) is 0 Å². The maximum atomic E-state index is 13.7. The second-order valence-corrected chi connectivity index (χ2v) is 7.00. The number of hydrogen-bond acceptors (Lipinski definition) is 4. The molecule has 0 fully saturated rings. The minimum absolute atomic E-state index is 0.0696. The largest absolute Gasteiger partial charge is 0.314 e. The van der Waals surface area contributed by atoms with Gasteiger partial charge in [-0.25, -0.2) is 12.8 Å². The van der Waals surface area contributed by atoms with Crippen molar-refractivity contribution in [3.8, 4) is 6.07 Å². The summed E-state index contributed by atoms with van der Waals surface area (Å²) in [5.41, 5.74) is 1.94. The average Bonchev–Trinajstić information content (AvgIpc) is 2.54. The number of aryl methyl sites for hydroxylation is 1. The highest BCUT2D eigenvalue weighted by atomic mass is 32.2. The molecular formula is C17H13FN2O2S. The SMILES string of the molecule is CCc1cccc(N2C=C(C#N)S(=O)(=O)c3ccc(F)cc32)c1. The summed E-state index contributed by atoms with van der Waals surface area (Å²) in [7, 11) is -3.91. The Morgan fingerprint density at radius 3 is 2.70 bits per heavy atom. The maximum Gasteiger partial charge on any atom is 0.220 e. The van der Waals surface area contributed by atoms with Crippen molar-refractivity contribution in [2.75, 3.05) is 4.90 Å². The van der Waals surface area contributed by atoms with Crippen LogP contribution in [-0.2, 0) is 16.3 Å². The highest BCUT2D eigenvalue weighted by Gasteiger charge is 2.32. The molecule has 0 spiro atoms. The van der Waals surface area contributed by atoms with Crippen molar-refractivity contribution in [1.82, 2.24) is 0 Å². The molecule has 0 aromatic heterocycles. The number of anilines is 2. The van der Waals surface area contributed by atoms with E-state index >= 15 is 0 Å². The van der Waals surface area contributed by atoms with Crippen LogP contribution in [0.15, 0.2) is 58.5 Å². The average molecular weight is 328 g/mol. The fourth-order valence-electron chi connectivity index (χ4n) is 2.51. The van der Waals surface area contributed by atoms with Gasteiger partial charge in [-0.3, -0.25) is 0 Å². The molecule has 0 atom stereocenters. The predicted octanol–water partition coefficient (Wildman–Crippen LogP) is 3.68. The zero-order valence-corrected chi connectivity index (χ0v) is 13.1. The minimum atomic E-state index is -3.91. The third-order valence-electron chi connectivity index (χ3n) is 3.71. The third-order valence-corrected chi connectivity index (χ3v) is 5.41. The fourth-order valence-corrected chi connectivity index (χ4v) is 3.79. The standard InChI is InChI=1S/C17H13FN2O2S/c1-2-12-4-3-5-14(8-12)20-11-15(10-19)23(21,22)17-7-6-13(18)9-16(17)20/h3-9,11H,2H2,1H3. The molecule has 2 aromatic carbocycles. The van der Waals surface area contributed by atoms with Gasteiger partial charge in [0.25, 0.3) is 0 Å². The molecule has 0 N–H and O–H groups in total. The molecule has 0 saturated heterocycles. The molecule has 0 aliphatic carbocycles. The van der Waals surface area contributed by atoms with Gasteiger partial charge in [-0.05, 0) is 42.3 Å². The van der Waals surface area contributed by atoms with E-state index in [0.29, 0.717) is 5.69 Å². The lowest BCUT2D eigenvalue weighted by Gasteiger charge is -2.27. The third kappa shape index (κ3) is 2.49. The van der Waals surface area contributed by atoms with Gasteiger partial charge in [0.2, 0.25) is 9.84 Å². The van der Waals surface area contributed by atoms with Crippen LogP contribution in [0, 0.1) is 17.1 Å². The first-order valence-electron chi connectivity index (χ1n) is 7.02. The molecule has 1 aliphatic rings. The van der Waals surface area contributed by atoms with Crippen LogP contribution >= 0.6 is 0 Å². The number of nitriles is 1. The lowest BCUT2D eigenvalue weighted by atomic mass is 10.1. The number of rotatable bonds is 2. The summed E-state index contributed by atoms with van der Waals surface area (Å²) in [5, 5.41) is 9.17. The molecule has 6 heteroatoms. The number of fused-ring (bicyclic) bond motifs is 1. The van der Waals surface area contributed by atoms with E-state index in [1.54, 1.807) is 12.1 Å². The van der Waals surface area contributed by atoms with E-state index in [2.05, 4.69) is 0 Å². The first-order valence-corrected chi connectivity index (χ1v) is 8.50. The number of nitrogens with zero attached hydrogens (tertiary/aromatic N) is 2. The first-order chi connectivity index (χ1) is 11.0. The minimum Gasteiger partial charge on any atom is -0.314 e. The second-order valence-electron chi connectivity index (χ2n) is 5.11. The van der Waals surface area contributed by atoms with E-state index in [1.807, 2.05) is 25.1 Å². The van der Waals surface area contributed by atoms with Crippen molar-refractivity contribution in [3.63, 3.8) is 0 Å². The van der Waals surface area contributed by atoms with Crippen molar-refractivity contribution >= 4 is 21.2 Å². The predicted molar refractivity (Wildman–Crippen MR) is 85.2 cm³/mol. The van der Waals surface area contributed by atoms with E-state index in [-0.39, 0.29) is 15.5 Å². The highest BCUT2D eigenvalue weighted by molar-refractivity contribution is 7.95. The molecule has 3 rings (SSSR count). The van der Waals surface area contributed by atoms with E-state index in [1.165, 1.54) is 17.2 Å². The maximum absolute atomic E-state index is 13.7. The van der Waals surface area contributed by atoms with Crippen LogP contribution in [0.3, 0.4) is 0 Å². The first kappa shape index (κ1) is 15.3. The van der Waals surface area contributed by atoms with Gasteiger partial charge in [-0.2, -0.15) is 5.26 Å². The Hall–Kier alpha value is -2.65. The number of hydrogen-bond donors (Lipinski definition) is 0. The molecule has 116 valence electrons. The van der Waals surface area contributed by atoms with Crippen molar-refractivity contribution < 1.29 is 12.8 Å². The molecule has 0 bridgehead atoms. The van der Waals surface area contributed by atoms with E-state index in [0.717, 1.165) is 24.1 Å². The van der Waals surface area contributed by atoms with Crippen molar-refractivity contribution in [3.05, 3.63) is 65.0 Å². The molecule has 23 heavy (non-hydrogen) atoms. The van der Waals surface area contributed by atoms with E-state index < -0.39 is 15.7 Å². The Bertz CT molecular complexity index is 959. The smallest absolute Gasteiger partial charge is 0.220 e. The zero-order valence-electron chi connectivity index (χ0n) is 12.3. The quantitative estimate of drug-likeness (QED) is 0.789. The highest BCUT2D eigenvalue weighted by Crippen LogP contribution is 2.39. The van der Waals surface area contributed by atoms with E-state index in [4.69, 9.17) is 0 Å². The van der Waals surface area contributed by atoms with Gasteiger partial charge in [0.1, 0.15) is 11.9 Å². The van der Waals surface area contributed by atoms with Crippen LogP contribution in [-0.4, -0.2) is 8.42 Å². The van der Waals surface area contributed by atoms with Gasteiger partial charge < -0.3 is 4.90 Å². The summed E-state index contributed by atoms with van der Waals surface area (Å²) >= 11 is 0. The van der Waals surface area contributed by atoms with Crippen LogP contribution in [0.25, 0.3) is 0 Å². The number of sulfone groups is 1. The molecular weight excluding hydrogens is 315 g/mol. The van der Waals surface area contributed by atoms with Gasteiger partial charge in [-0.15, -0.1) is 0 Å². The van der Waals surface area contributed by atoms with Gasteiger partial charge in [0.15, 0.2) is 4.91 Å². The molecule has 1 heterocycles. The summed E-state index contributed by atoms with van der Waals surface area (Å²) in [6.07, 6.45) is 2.05. The van der Waals surface area contributed by atoms with Crippen LogP contribution in [0.1, 0.15) is 12.5 Å².